The molecule has 0 radical (unpaired) electrons. The molecule has 186 valence electrons. The van der Waals surface area contributed by atoms with E-state index >= 15 is 0 Å². The Morgan fingerprint density at radius 2 is 1.51 bits per heavy atom. The summed E-state index contributed by atoms with van der Waals surface area (Å²) in [5.74, 6) is -0.301. The molecule has 0 N–H and O–H groups in total. The number of hydrogen-bond donors (Lipinski definition) is 0. The number of halogens is 1. The van der Waals surface area contributed by atoms with Gasteiger partial charge in [0.15, 0.2) is 0 Å². The summed E-state index contributed by atoms with van der Waals surface area (Å²) >= 11 is 7.56. The van der Waals surface area contributed by atoms with Gasteiger partial charge in [-0.05, 0) is 68.5 Å². The summed E-state index contributed by atoms with van der Waals surface area (Å²) in [5, 5.41) is 11.9. The summed E-state index contributed by atoms with van der Waals surface area (Å²) in [7, 11) is -3.73. The highest BCUT2D eigenvalue weighted by molar-refractivity contribution is 7.89. The van der Waals surface area contributed by atoms with E-state index in [1.54, 1.807) is 11.0 Å². The number of hydrogen-bond acceptors (Lipinski definition) is 6. The third-order valence-electron chi connectivity index (χ3n) is 7.07. The van der Waals surface area contributed by atoms with E-state index in [0.717, 1.165) is 39.2 Å². The Labute approximate surface area is 213 Å². The number of nitrogens with zero attached hydrogens (tertiary/aromatic N) is 3. The maximum Gasteiger partial charge on any atom is 0.270 e. The number of benzene rings is 2. The Bertz CT molecular complexity index is 1460. The lowest BCUT2D eigenvalue weighted by Gasteiger charge is -2.34. The highest BCUT2D eigenvalue weighted by Crippen LogP contribution is 2.38. The van der Waals surface area contributed by atoms with Gasteiger partial charge in [0.05, 0.1) is 14.8 Å². The van der Waals surface area contributed by atoms with Gasteiger partial charge in [0.1, 0.15) is 4.88 Å². The van der Waals surface area contributed by atoms with Crippen molar-refractivity contribution in [1.82, 2.24) is 9.21 Å². The van der Waals surface area contributed by atoms with Crippen LogP contribution in [-0.2, 0) is 10.0 Å². The van der Waals surface area contributed by atoms with Crippen LogP contribution in [0, 0.1) is 44.7 Å². The zero-order valence-corrected chi connectivity index (χ0v) is 22.5. The van der Waals surface area contributed by atoms with Gasteiger partial charge in [-0.2, -0.15) is 4.31 Å². The molecule has 2 heterocycles. The number of piperazine rings is 1. The van der Waals surface area contributed by atoms with Crippen molar-refractivity contribution in [2.24, 2.45) is 0 Å². The zero-order valence-electron chi connectivity index (χ0n) is 20.1. The smallest absolute Gasteiger partial charge is 0.270 e. The normalized spacial score (nSPS) is 15.1. The molecule has 0 unspecified atom stereocenters. The lowest BCUT2D eigenvalue weighted by atomic mass is 9.95. The summed E-state index contributed by atoms with van der Waals surface area (Å²) < 4.78 is 29.2. The zero-order chi connectivity index (χ0) is 25.8. The molecule has 4 rings (SSSR count). The molecule has 2 aromatic carbocycles. The van der Waals surface area contributed by atoms with Crippen LogP contribution in [0.3, 0.4) is 0 Å². The number of carbonyl (C=O) groups excluding carboxylic acids is 1. The highest BCUT2D eigenvalue weighted by atomic mass is 35.5. The summed E-state index contributed by atoms with van der Waals surface area (Å²) in [6.45, 7) is 10.4. The van der Waals surface area contributed by atoms with E-state index < -0.39 is 14.9 Å². The minimum absolute atomic E-state index is 0.0691. The second-order valence-electron chi connectivity index (χ2n) is 8.83. The summed E-state index contributed by atoms with van der Waals surface area (Å²) in [5.41, 5.74) is 4.49. The number of nitro groups is 1. The number of nitro benzene ring substituents is 1. The van der Waals surface area contributed by atoms with Gasteiger partial charge >= 0.3 is 0 Å². The Balaban J connectivity index is 1.57. The third-order valence-corrected chi connectivity index (χ3v) is 10.9. The molecule has 1 saturated heterocycles. The Morgan fingerprint density at radius 3 is 2.06 bits per heavy atom. The fourth-order valence-electron chi connectivity index (χ4n) is 4.56. The van der Waals surface area contributed by atoms with Crippen LogP contribution >= 0.6 is 22.9 Å². The molecule has 0 bridgehead atoms. The maximum absolute atomic E-state index is 13.6. The third kappa shape index (κ3) is 4.22. The fraction of sp³-hybridized carbons (Fsp3) is 0.375. The second-order valence-corrected chi connectivity index (χ2v) is 12.1. The molecule has 1 aromatic heterocycles. The van der Waals surface area contributed by atoms with E-state index in [-0.39, 0.29) is 42.8 Å². The van der Waals surface area contributed by atoms with Crippen LogP contribution in [0.1, 0.15) is 37.5 Å². The number of non-ortho nitro benzene ring substituents is 1. The quantitative estimate of drug-likeness (QED) is 0.339. The molecule has 0 aliphatic carbocycles. The van der Waals surface area contributed by atoms with Crippen molar-refractivity contribution >= 4 is 54.6 Å². The molecule has 3 aromatic rings. The Kier molecular flexibility index (Phi) is 6.69. The molecule has 35 heavy (non-hydrogen) atoms. The van der Waals surface area contributed by atoms with Crippen LogP contribution in [0.4, 0.5) is 5.69 Å². The number of rotatable bonds is 4. The Morgan fingerprint density at radius 1 is 0.971 bits per heavy atom. The molecular weight excluding hydrogens is 510 g/mol. The van der Waals surface area contributed by atoms with Gasteiger partial charge in [-0.15, -0.1) is 11.3 Å². The molecule has 0 saturated carbocycles. The van der Waals surface area contributed by atoms with E-state index in [1.807, 2.05) is 34.6 Å². The van der Waals surface area contributed by atoms with E-state index in [9.17, 15) is 23.3 Å². The molecule has 8 nitrogen and oxygen atoms in total. The molecule has 1 amide bonds. The fourth-order valence-corrected chi connectivity index (χ4v) is 8.06. The van der Waals surface area contributed by atoms with Crippen LogP contribution in [-0.4, -0.2) is 54.6 Å². The second kappa shape index (κ2) is 9.16. The predicted molar refractivity (Wildman–Crippen MR) is 138 cm³/mol. The molecule has 11 heteroatoms. The lowest BCUT2D eigenvalue weighted by molar-refractivity contribution is -0.384. The van der Waals surface area contributed by atoms with Gasteiger partial charge in [0, 0.05) is 48.4 Å². The molecule has 0 spiro atoms. The van der Waals surface area contributed by atoms with Crippen LogP contribution in [0.15, 0.2) is 23.1 Å². The average molecular weight is 536 g/mol. The minimum Gasteiger partial charge on any atom is -0.335 e. The monoisotopic (exact) mass is 535 g/mol. The predicted octanol–water partition coefficient (Wildman–Crippen LogP) is 5.15. The number of carbonyl (C=O) groups is 1. The molecule has 1 aliphatic rings. The van der Waals surface area contributed by atoms with Crippen LogP contribution in [0.5, 0.6) is 0 Å². The first-order valence-electron chi connectivity index (χ1n) is 11.1. The summed E-state index contributed by atoms with van der Waals surface area (Å²) in [6.07, 6.45) is 0. The van der Waals surface area contributed by atoms with Gasteiger partial charge < -0.3 is 4.90 Å². The van der Waals surface area contributed by atoms with Gasteiger partial charge in [-0.25, -0.2) is 8.42 Å². The Hall–Kier alpha value is -2.53. The molecule has 0 atom stereocenters. The molecule has 1 aliphatic heterocycles. The largest absolute Gasteiger partial charge is 0.335 e. The van der Waals surface area contributed by atoms with E-state index in [1.165, 1.54) is 16.4 Å². The maximum atomic E-state index is 13.6. The number of fused-ring (bicyclic) bond motifs is 1. The van der Waals surface area contributed by atoms with Crippen molar-refractivity contribution < 1.29 is 18.1 Å². The number of sulfonamides is 1. The van der Waals surface area contributed by atoms with Crippen molar-refractivity contribution in [3.8, 4) is 0 Å². The van der Waals surface area contributed by atoms with Gasteiger partial charge in [0.2, 0.25) is 10.0 Å². The average Bonchev–Trinajstić information content (AvgIpc) is 3.16. The standard InChI is InChI=1S/C24H26ClN3O5S2/c1-13-14(2)16(4)23(17(5)15(13)3)35(32,33)27-10-8-26(9-11-27)24(29)22-21(25)19-7-6-18(28(30)31)12-20(19)34-22/h6-7,12H,8-11H2,1-5H3. The van der Waals surface area contributed by atoms with Crippen LogP contribution in [0.25, 0.3) is 10.1 Å². The SMILES string of the molecule is Cc1c(C)c(C)c(S(=O)(=O)N2CCN(C(=O)c3sc4cc([N+](=O)[O-])ccc4c3Cl)CC2)c(C)c1C. The minimum atomic E-state index is -3.73. The van der Waals surface area contributed by atoms with Crippen molar-refractivity contribution in [1.29, 1.82) is 0 Å². The van der Waals surface area contributed by atoms with E-state index in [4.69, 9.17) is 11.6 Å². The van der Waals surface area contributed by atoms with Crippen molar-refractivity contribution in [3.63, 3.8) is 0 Å². The highest BCUT2D eigenvalue weighted by Gasteiger charge is 2.34. The topological polar surface area (TPSA) is 101 Å². The number of thiophene rings is 1. The van der Waals surface area contributed by atoms with Gasteiger partial charge in [-0.1, -0.05) is 11.6 Å². The van der Waals surface area contributed by atoms with E-state index in [0.29, 0.717) is 19.9 Å². The van der Waals surface area contributed by atoms with Crippen LogP contribution in [0.2, 0.25) is 5.02 Å². The first-order chi connectivity index (χ1) is 16.4. The van der Waals surface area contributed by atoms with Crippen molar-refractivity contribution in [3.05, 3.63) is 66.0 Å². The molecule has 1 fully saturated rings. The van der Waals surface area contributed by atoms with Crippen molar-refractivity contribution in [2.45, 2.75) is 39.5 Å². The first-order valence-corrected chi connectivity index (χ1v) is 13.7. The summed E-state index contributed by atoms with van der Waals surface area (Å²) in [6, 6.07) is 4.31. The lowest BCUT2D eigenvalue weighted by Crippen LogP contribution is -2.50. The first kappa shape index (κ1) is 25.6. The van der Waals surface area contributed by atoms with Gasteiger partial charge in [0.25, 0.3) is 11.6 Å². The molecular formula is C24H26ClN3O5S2. The van der Waals surface area contributed by atoms with E-state index in [2.05, 4.69) is 0 Å². The van der Waals surface area contributed by atoms with Crippen LogP contribution < -0.4 is 0 Å². The summed E-state index contributed by atoms with van der Waals surface area (Å²) in [4.78, 5) is 26.0. The van der Waals surface area contributed by atoms with Crippen molar-refractivity contribution in [2.75, 3.05) is 26.2 Å². The number of amides is 1. The van der Waals surface area contributed by atoms with Gasteiger partial charge in [-0.3, -0.25) is 14.9 Å².